The Bertz CT molecular complexity index is 369. The molecular formula is C26H54O2. The van der Waals surface area contributed by atoms with Gasteiger partial charge in [0.15, 0.2) is 0 Å². The molecule has 0 N–H and O–H groups in total. The molecule has 2 nitrogen and oxygen atoms in total. The van der Waals surface area contributed by atoms with Gasteiger partial charge in [-0.15, -0.1) is 0 Å². The second-order valence-electron chi connectivity index (χ2n) is 12.2. The highest BCUT2D eigenvalue weighted by atomic mass is 16.5. The van der Waals surface area contributed by atoms with Gasteiger partial charge in [-0.05, 0) is 64.2 Å². The van der Waals surface area contributed by atoms with Crippen LogP contribution in [0.15, 0.2) is 0 Å². The Morgan fingerprint density at radius 1 is 0.536 bits per heavy atom. The number of hydrogen-bond donors (Lipinski definition) is 0. The molecule has 28 heavy (non-hydrogen) atoms. The van der Waals surface area contributed by atoms with Crippen LogP contribution in [0.4, 0.5) is 0 Å². The number of ether oxygens (including phenoxy) is 2. The molecule has 0 aromatic carbocycles. The van der Waals surface area contributed by atoms with Crippen molar-refractivity contribution in [1.82, 2.24) is 0 Å². The van der Waals surface area contributed by atoms with E-state index in [9.17, 15) is 0 Å². The average molecular weight is 399 g/mol. The third kappa shape index (κ3) is 11.8. The van der Waals surface area contributed by atoms with Crippen molar-refractivity contribution in [3.05, 3.63) is 0 Å². The van der Waals surface area contributed by atoms with Crippen molar-refractivity contribution < 1.29 is 9.47 Å². The van der Waals surface area contributed by atoms with E-state index in [0.717, 1.165) is 25.7 Å². The summed E-state index contributed by atoms with van der Waals surface area (Å²) in [6.07, 6.45) is 9.85. The minimum atomic E-state index is -0.132. The maximum absolute atomic E-state index is 6.68. The van der Waals surface area contributed by atoms with Crippen molar-refractivity contribution in [2.45, 2.75) is 158 Å². The van der Waals surface area contributed by atoms with Crippen molar-refractivity contribution >= 4 is 0 Å². The fourth-order valence-electron chi connectivity index (χ4n) is 3.61. The van der Waals surface area contributed by atoms with Crippen molar-refractivity contribution in [3.8, 4) is 0 Å². The molecular weight excluding hydrogens is 344 g/mol. The van der Waals surface area contributed by atoms with Crippen molar-refractivity contribution in [3.63, 3.8) is 0 Å². The van der Waals surface area contributed by atoms with E-state index in [1.165, 1.54) is 25.7 Å². The molecule has 170 valence electrons. The molecule has 0 saturated carbocycles. The predicted octanol–water partition coefficient (Wildman–Crippen LogP) is 8.57. The lowest BCUT2D eigenvalue weighted by molar-refractivity contribution is -0.148. The van der Waals surface area contributed by atoms with E-state index in [4.69, 9.17) is 9.47 Å². The van der Waals surface area contributed by atoms with E-state index in [1.54, 1.807) is 0 Å². The molecule has 0 rings (SSSR count). The minimum Gasteiger partial charge on any atom is -0.372 e. The zero-order valence-corrected chi connectivity index (χ0v) is 21.6. The van der Waals surface area contributed by atoms with Gasteiger partial charge in [-0.1, -0.05) is 81.1 Å². The highest BCUT2D eigenvalue weighted by Gasteiger charge is 2.35. The lowest BCUT2D eigenvalue weighted by Gasteiger charge is -2.41. The summed E-state index contributed by atoms with van der Waals surface area (Å²) in [5, 5.41) is 0. The molecule has 0 aromatic heterocycles. The molecule has 0 aromatic rings. The summed E-state index contributed by atoms with van der Waals surface area (Å²) in [6, 6.07) is 0. The first-order valence-corrected chi connectivity index (χ1v) is 11.9. The van der Waals surface area contributed by atoms with Crippen LogP contribution in [0.3, 0.4) is 0 Å². The van der Waals surface area contributed by atoms with Gasteiger partial charge in [0.25, 0.3) is 0 Å². The smallest absolute Gasteiger partial charge is 0.0631 e. The normalized spacial score (nSPS) is 16.3. The maximum Gasteiger partial charge on any atom is 0.0631 e. The van der Waals surface area contributed by atoms with E-state index in [1.807, 2.05) is 0 Å². The Labute approximate surface area is 178 Å². The summed E-state index contributed by atoms with van der Waals surface area (Å²) in [4.78, 5) is 0. The molecule has 0 fully saturated rings. The molecule has 0 aliphatic carbocycles. The van der Waals surface area contributed by atoms with E-state index in [2.05, 4.69) is 83.1 Å². The fraction of sp³-hybridized carbons (Fsp3) is 1.00. The average Bonchev–Trinajstić information content (AvgIpc) is 2.51. The summed E-state index contributed by atoms with van der Waals surface area (Å²) in [6.45, 7) is 27.4. The predicted molar refractivity (Wildman–Crippen MR) is 125 cm³/mol. The Balaban J connectivity index is 4.94. The fourth-order valence-corrected chi connectivity index (χ4v) is 3.61. The van der Waals surface area contributed by atoms with Crippen LogP contribution in [0, 0.1) is 10.8 Å². The van der Waals surface area contributed by atoms with Gasteiger partial charge in [0.1, 0.15) is 0 Å². The molecule has 0 aliphatic heterocycles. The van der Waals surface area contributed by atoms with Gasteiger partial charge in [0.2, 0.25) is 0 Å². The SMILES string of the molecule is CCCCC(OC(C)(C)CCC(C)(C)OC(CCCC)C(C)(C)C)C(C)(C)C. The van der Waals surface area contributed by atoms with Crippen molar-refractivity contribution in [1.29, 1.82) is 0 Å². The molecule has 2 atom stereocenters. The Morgan fingerprint density at radius 2 is 0.821 bits per heavy atom. The number of hydrogen-bond acceptors (Lipinski definition) is 2. The lowest BCUT2D eigenvalue weighted by atomic mass is 9.84. The highest BCUT2D eigenvalue weighted by Crippen LogP contribution is 2.36. The third-order valence-corrected chi connectivity index (χ3v) is 5.82. The Hall–Kier alpha value is -0.0800. The summed E-state index contributed by atoms with van der Waals surface area (Å²) in [5.74, 6) is 0. The van der Waals surface area contributed by atoms with Gasteiger partial charge in [0, 0.05) is 0 Å². The van der Waals surface area contributed by atoms with E-state index in [0.29, 0.717) is 12.2 Å². The lowest BCUT2D eigenvalue weighted by Crippen LogP contribution is -2.41. The minimum absolute atomic E-state index is 0.132. The van der Waals surface area contributed by atoms with Gasteiger partial charge in [-0.3, -0.25) is 0 Å². The largest absolute Gasteiger partial charge is 0.372 e. The van der Waals surface area contributed by atoms with Crippen LogP contribution < -0.4 is 0 Å². The summed E-state index contributed by atoms with van der Waals surface area (Å²) in [5.41, 5.74) is 0.0891. The van der Waals surface area contributed by atoms with Crippen LogP contribution in [-0.2, 0) is 9.47 Å². The zero-order valence-electron chi connectivity index (χ0n) is 21.6. The van der Waals surface area contributed by atoms with Gasteiger partial charge in [0.05, 0.1) is 23.4 Å². The van der Waals surface area contributed by atoms with Crippen LogP contribution in [0.5, 0.6) is 0 Å². The Kier molecular flexibility index (Phi) is 11.3. The first-order valence-electron chi connectivity index (χ1n) is 11.9. The molecule has 0 amide bonds. The van der Waals surface area contributed by atoms with E-state index < -0.39 is 0 Å². The molecule has 0 saturated heterocycles. The van der Waals surface area contributed by atoms with Gasteiger partial charge >= 0.3 is 0 Å². The topological polar surface area (TPSA) is 18.5 Å². The second kappa shape index (κ2) is 11.3. The zero-order chi connectivity index (χ0) is 22.2. The second-order valence-corrected chi connectivity index (χ2v) is 12.2. The first kappa shape index (κ1) is 27.9. The summed E-state index contributed by atoms with van der Waals surface area (Å²) >= 11 is 0. The molecule has 2 heteroatoms. The molecule has 0 bridgehead atoms. The molecule has 0 heterocycles. The van der Waals surface area contributed by atoms with E-state index in [-0.39, 0.29) is 22.0 Å². The number of unbranched alkanes of at least 4 members (excludes halogenated alkanes) is 2. The van der Waals surface area contributed by atoms with Gasteiger partial charge in [-0.2, -0.15) is 0 Å². The monoisotopic (exact) mass is 398 g/mol. The summed E-state index contributed by atoms with van der Waals surface area (Å²) in [7, 11) is 0. The van der Waals surface area contributed by atoms with Gasteiger partial charge in [-0.25, -0.2) is 0 Å². The molecule has 0 spiro atoms. The standard InChI is InChI=1S/C26H54O2/c1-13-15-17-21(23(3,4)5)27-25(9,10)19-20-26(11,12)28-22(18-16-14-2)24(6,7)8/h21-22H,13-20H2,1-12H3. The van der Waals surface area contributed by atoms with Crippen molar-refractivity contribution in [2.75, 3.05) is 0 Å². The van der Waals surface area contributed by atoms with Crippen molar-refractivity contribution in [2.24, 2.45) is 10.8 Å². The van der Waals surface area contributed by atoms with E-state index >= 15 is 0 Å². The first-order chi connectivity index (χ1) is 12.5. The van der Waals surface area contributed by atoms with Crippen LogP contribution in [0.2, 0.25) is 0 Å². The highest BCUT2D eigenvalue weighted by molar-refractivity contribution is 4.84. The third-order valence-electron chi connectivity index (χ3n) is 5.82. The Morgan fingerprint density at radius 3 is 1.04 bits per heavy atom. The number of rotatable bonds is 13. The maximum atomic E-state index is 6.68. The van der Waals surface area contributed by atoms with Crippen LogP contribution in [-0.4, -0.2) is 23.4 Å². The quantitative estimate of drug-likeness (QED) is 0.309. The van der Waals surface area contributed by atoms with Crippen LogP contribution in [0.1, 0.15) is 134 Å². The van der Waals surface area contributed by atoms with Crippen LogP contribution >= 0.6 is 0 Å². The summed E-state index contributed by atoms with van der Waals surface area (Å²) < 4.78 is 13.4. The van der Waals surface area contributed by atoms with Crippen LogP contribution in [0.25, 0.3) is 0 Å². The van der Waals surface area contributed by atoms with Gasteiger partial charge < -0.3 is 9.47 Å². The molecule has 0 aliphatic rings. The molecule has 2 unspecified atom stereocenters. The molecule has 0 radical (unpaired) electrons.